The number of aromatic carboxylic acids is 1. The van der Waals surface area contributed by atoms with Crippen LogP contribution in [-0.4, -0.2) is 11.1 Å². The third-order valence-corrected chi connectivity index (χ3v) is 3.13. The number of aryl methyl sites for hydroxylation is 1. The Morgan fingerprint density at radius 3 is 2.86 bits per heavy atom. The number of carboxylic acid groups (broad SMARTS) is 1. The van der Waals surface area contributed by atoms with Gasteiger partial charge in [0.25, 0.3) is 0 Å². The van der Waals surface area contributed by atoms with Crippen molar-refractivity contribution in [3.05, 3.63) is 28.6 Å². The van der Waals surface area contributed by atoms with Crippen molar-refractivity contribution in [3.8, 4) is 0 Å². The fourth-order valence-electron chi connectivity index (χ4n) is 1.46. The molecule has 0 radical (unpaired) electrons. The summed E-state index contributed by atoms with van der Waals surface area (Å²) < 4.78 is 0.751. The Bertz CT molecular complexity index is 516. The number of thiophene rings is 1. The molecule has 14 heavy (non-hydrogen) atoms. The third kappa shape index (κ3) is 1.24. The number of nitrogens with two attached hydrogens (primary N) is 1. The number of rotatable bonds is 1. The maximum Gasteiger partial charge on any atom is 0.337 e. The topological polar surface area (TPSA) is 63.3 Å². The van der Waals surface area contributed by atoms with E-state index in [1.807, 2.05) is 13.0 Å². The second-order valence-electron chi connectivity index (χ2n) is 3.19. The van der Waals surface area contributed by atoms with Gasteiger partial charge >= 0.3 is 5.97 Å². The van der Waals surface area contributed by atoms with Crippen molar-refractivity contribution >= 4 is 33.1 Å². The number of benzene rings is 1. The number of hydrogen-bond donors (Lipinski definition) is 2. The van der Waals surface area contributed by atoms with Crippen LogP contribution in [0.4, 0.5) is 5.69 Å². The van der Waals surface area contributed by atoms with Crippen LogP contribution in [-0.2, 0) is 0 Å². The van der Waals surface area contributed by atoms with Gasteiger partial charge in [-0.25, -0.2) is 4.79 Å². The highest BCUT2D eigenvalue weighted by atomic mass is 32.1. The minimum Gasteiger partial charge on any atom is -0.478 e. The summed E-state index contributed by atoms with van der Waals surface area (Å²) in [4.78, 5) is 10.9. The highest BCUT2D eigenvalue weighted by Gasteiger charge is 2.12. The van der Waals surface area contributed by atoms with Gasteiger partial charge in [-0.1, -0.05) is 0 Å². The van der Waals surface area contributed by atoms with Crippen LogP contribution in [0.5, 0.6) is 0 Å². The SMILES string of the molecule is Cc1cc(C(=O)O)c2scc(N)c2c1. The summed E-state index contributed by atoms with van der Waals surface area (Å²) in [5.74, 6) is -0.902. The molecule has 0 aliphatic carbocycles. The number of hydrogen-bond acceptors (Lipinski definition) is 3. The molecule has 3 N–H and O–H groups in total. The molecule has 0 atom stereocenters. The van der Waals surface area contributed by atoms with Crippen molar-refractivity contribution in [2.45, 2.75) is 6.92 Å². The molecular weight excluding hydrogens is 198 g/mol. The lowest BCUT2D eigenvalue weighted by molar-refractivity contribution is 0.0699. The lowest BCUT2D eigenvalue weighted by Gasteiger charge is -2.00. The van der Waals surface area contributed by atoms with Crippen molar-refractivity contribution in [1.82, 2.24) is 0 Å². The van der Waals surface area contributed by atoms with E-state index in [9.17, 15) is 4.79 Å². The van der Waals surface area contributed by atoms with Gasteiger partial charge in [0, 0.05) is 10.8 Å². The van der Waals surface area contributed by atoms with E-state index in [0.717, 1.165) is 15.6 Å². The van der Waals surface area contributed by atoms with Crippen molar-refractivity contribution in [1.29, 1.82) is 0 Å². The van der Waals surface area contributed by atoms with Crippen LogP contribution in [0.1, 0.15) is 15.9 Å². The van der Waals surface area contributed by atoms with E-state index in [0.29, 0.717) is 11.3 Å². The molecular formula is C10H9NO2S. The first-order chi connectivity index (χ1) is 6.59. The standard InChI is InChI=1S/C10H9NO2S/c1-5-2-6-8(11)4-14-9(6)7(3-5)10(12)13/h2-4H,11H2,1H3,(H,12,13). The first-order valence-corrected chi connectivity index (χ1v) is 4.98. The molecule has 2 aromatic rings. The van der Waals surface area contributed by atoms with Gasteiger partial charge in [-0.2, -0.15) is 0 Å². The van der Waals surface area contributed by atoms with E-state index in [1.165, 1.54) is 11.3 Å². The molecule has 0 saturated heterocycles. The molecule has 0 aliphatic rings. The molecule has 1 heterocycles. The number of fused-ring (bicyclic) bond motifs is 1. The van der Waals surface area contributed by atoms with Gasteiger partial charge in [0.15, 0.2) is 0 Å². The van der Waals surface area contributed by atoms with E-state index in [2.05, 4.69) is 0 Å². The van der Waals surface area contributed by atoms with Crippen LogP contribution in [0.2, 0.25) is 0 Å². The predicted octanol–water partition coefficient (Wildman–Crippen LogP) is 2.49. The first kappa shape index (κ1) is 9.02. The second kappa shape index (κ2) is 2.99. The molecule has 1 aromatic carbocycles. The number of nitrogen functional groups attached to an aromatic ring is 1. The van der Waals surface area contributed by atoms with Crippen molar-refractivity contribution in [2.24, 2.45) is 0 Å². The van der Waals surface area contributed by atoms with Gasteiger partial charge in [-0.3, -0.25) is 0 Å². The number of anilines is 1. The zero-order chi connectivity index (χ0) is 10.3. The monoisotopic (exact) mass is 207 g/mol. The van der Waals surface area contributed by atoms with Gasteiger partial charge in [0.05, 0.1) is 16.0 Å². The lowest BCUT2D eigenvalue weighted by Crippen LogP contribution is -1.97. The van der Waals surface area contributed by atoms with Crippen molar-refractivity contribution in [2.75, 3.05) is 5.73 Å². The van der Waals surface area contributed by atoms with E-state index in [4.69, 9.17) is 10.8 Å². The predicted molar refractivity (Wildman–Crippen MR) is 57.9 cm³/mol. The maximum absolute atomic E-state index is 10.9. The zero-order valence-electron chi connectivity index (χ0n) is 7.57. The molecule has 1 aromatic heterocycles. The van der Waals surface area contributed by atoms with Crippen LogP contribution in [0.15, 0.2) is 17.5 Å². The van der Waals surface area contributed by atoms with Crippen LogP contribution in [0.3, 0.4) is 0 Å². The first-order valence-electron chi connectivity index (χ1n) is 4.10. The van der Waals surface area contributed by atoms with E-state index in [-0.39, 0.29) is 0 Å². The van der Waals surface area contributed by atoms with Gasteiger partial charge < -0.3 is 10.8 Å². The van der Waals surface area contributed by atoms with Crippen LogP contribution in [0.25, 0.3) is 10.1 Å². The summed E-state index contributed by atoms with van der Waals surface area (Å²) in [6, 6.07) is 3.58. The Kier molecular flexibility index (Phi) is 1.93. The number of carbonyl (C=O) groups is 1. The van der Waals surface area contributed by atoms with E-state index < -0.39 is 5.97 Å². The minimum absolute atomic E-state index is 0.335. The Morgan fingerprint density at radius 2 is 2.21 bits per heavy atom. The summed E-state index contributed by atoms with van der Waals surface area (Å²) >= 11 is 1.37. The third-order valence-electron chi connectivity index (χ3n) is 2.08. The summed E-state index contributed by atoms with van der Waals surface area (Å²) in [6.07, 6.45) is 0. The Balaban J connectivity index is 2.88. The fourth-order valence-corrected chi connectivity index (χ4v) is 2.41. The Labute approximate surface area is 84.8 Å². The molecule has 2 rings (SSSR count). The molecule has 0 fully saturated rings. The maximum atomic E-state index is 10.9. The lowest BCUT2D eigenvalue weighted by atomic mass is 10.1. The average molecular weight is 207 g/mol. The highest BCUT2D eigenvalue weighted by Crippen LogP contribution is 2.31. The summed E-state index contributed by atoms with van der Waals surface area (Å²) in [6.45, 7) is 1.86. The molecule has 0 saturated carbocycles. The quantitative estimate of drug-likeness (QED) is 0.755. The molecule has 0 bridgehead atoms. The minimum atomic E-state index is -0.902. The molecule has 3 nitrogen and oxygen atoms in total. The fraction of sp³-hybridized carbons (Fsp3) is 0.100. The molecule has 72 valence electrons. The summed E-state index contributed by atoms with van der Waals surface area (Å²) in [7, 11) is 0. The van der Waals surface area contributed by atoms with Crippen molar-refractivity contribution < 1.29 is 9.90 Å². The second-order valence-corrected chi connectivity index (χ2v) is 4.07. The zero-order valence-corrected chi connectivity index (χ0v) is 8.39. The largest absolute Gasteiger partial charge is 0.478 e. The molecule has 4 heteroatoms. The van der Waals surface area contributed by atoms with Crippen molar-refractivity contribution in [3.63, 3.8) is 0 Å². The Morgan fingerprint density at radius 1 is 1.50 bits per heavy atom. The molecule has 0 unspecified atom stereocenters. The summed E-state index contributed by atoms with van der Waals surface area (Å²) in [5, 5.41) is 11.6. The normalized spacial score (nSPS) is 10.6. The molecule has 0 aliphatic heterocycles. The van der Waals surface area contributed by atoms with Crippen LogP contribution >= 0.6 is 11.3 Å². The van der Waals surface area contributed by atoms with E-state index >= 15 is 0 Å². The van der Waals surface area contributed by atoms with Crippen LogP contribution in [0, 0.1) is 6.92 Å². The average Bonchev–Trinajstić information content (AvgIpc) is 2.47. The smallest absolute Gasteiger partial charge is 0.337 e. The van der Waals surface area contributed by atoms with Crippen LogP contribution < -0.4 is 5.73 Å². The molecule has 0 spiro atoms. The van der Waals surface area contributed by atoms with Gasteiger partial charge in [-0.05, 0) is 24.6 Å². The molecule has 0 amide bonds. The highest BCUT2D eigenvalue weighted by molar-refractivity contribution is 7.18. The van der Waals surface area contributed by atoms with Gasteiger partial charge in [0.2, 0.25) is 0 Å². The Hall–Kier alpha value is -1.55. The van der Waals surface area contributed by atoms with E-state index in [1.54, 1.807) is 11.4 Å². The van der Waals surface area contributed by atoms with Gasteiger partial charge in [-0.15, -0.1) is 11.3 Å². The van der Waals surface area contributed by atoms with Gasteiger partial charge in [0.1, 0.15) is 0 Å². The summed E-state index contributed by atoms with van der Waals surface area (Å²) in [5.41, 5.74) is 7.63. The number of carboxylic acids is 1.